The van der Waals surface area contributed by atoms with Crippen LogP contribution in [-0.4, -0.2) is 24.0 Å². The zero-order valence-corrected chi connectivity index (χ0v) is 10.3. The molecule has 1 aliphatic carbocycles. The summed E-state index contributed by atoms with van der Waals surface area (Å²) in [7, 11) is 0. The fourth-order valence-corrected chi connectivity index (χ4v) is 2.27. The molecule has 2 N–H and O–H groups in total. The second kappa shape index (κ2) is 4.07. The van der Waals surface area contributed by atoms with Crippen molar-refractivity contribution in [3.8, 4) is 0 Å². The van der Waals surface area contributed by atoms with Crippen LogP contribution in [0.25, 0.3) is 0 Å². The third kappa shape index (κ3) is 1.93. The first-order valence-corrected chi connectivity index (χ1v) is 6.22. The van der Waals surface area contributed by atoms with Crippen molar-refractivity contribution < 1.29 is 4.79 Å². The fraction of sp³-hybridized carbons (Fsp3) is 0.833. The standard InChI is InChI=1S/C12H21N3O/c1-4-12(9-5-6-9)10(16)14-11(15-12)13-7-8(2)3/h8-9H,4-7H2,1-3H3,(H2,13,14,15,16). The molecule has 90 valence electrons. The number of aliphatic imine (C=N–C) groups is 1. The molecular formula is C12H21N3O. The van der Waals surface area contributed by atoms with E-state index >= 15 is 0 Å². The third-order valence-corrected chi connectivity index (χ3v) is 3.43. The van der Waals surface area contributed by atoms with Gasteiger partial charge in [-0.3, -0.25) is 15.1 Å². The first-order valence-electron chi connectivity index (χ1n) is 6.22. The molecule has 1 atom stereocenters. The predicted octanol–water partition coefficient (Wildman–Crippen LogP) is 1.28. The number of amides is 1. The molecule has 1 saturated heterocycles. The van der Waals surface area contributed by atoms with Crippen molar-refractivity contribution in [3.63, 3.8) is 0 Å². The van der Waals surface area contributed by atoms with Crippen LogP contribution in [0.1, 0.15) is 40.0 Å². The van der Waals surface area contributed by atoms with Crippen molar-refractivity contribution in [3.05, 3.63) is 0 Å². The Bertz CT molecular complexity index is 320. The first-order chi connectivity index (χ1) is 7.58. The van der Waals surface area contributed by atoms with Crippen LogP contribution in [-0.2, 0) is 4.79 Å². The van der Waals surface area contributed by atoms with Crippen LogP contribution >= 0.6 is 0 Å². The van der Waals surface area contributed by atoms with E-state index in [2.05, 4.69) is 36.4 Å². The van der Waals surface area contributed by atoms with Crippen LogP contribution in [0, 0.1) is 11.8 Å². The molecule has 4 heteroatoms. The minimum Gasteiger partial charge on any atom is -0.341 e. The number of guanidine groups is 1. The molecule has 1 saturated carbocycles. The Balaban J connectivity index is 2.08. The molecule has 0 aromatic carbocycles. The maximum Gasteiger partial charge on any atom is 0.252 e. The van der Waals surface area contributed by atoms with E-state index in [4.69, 9.17) is 0 Å². The number of hydrogen-bond donors (Lipinski definition) is 2. The monoisotopic (exact) mass is 223 g/mol. The summed E-state index contributed by atoms with van der Waals surface area (Å²) in [4.78, 5) is 16.4. The SMILES string of the molecule is CCC1(C2CC2)NC(=NCC(C)C)NC1=O. The quantitative estimate of drug-likeness (QED) is 0.754. The Morgan fingerprint density at radius 1 is 1.50 bits per heavy atom. The lowest BCUT2D eigenvalue weighted by Gasteiger charge is -2.24. The fourth-order valence-electron chi connectivity index (χ4n) is 2.27. The second-order valence-corrected chi connectivity index (χ2v) is 5.26. The highest BCUT2D eigenvalue weighted by atomic mass is 16.2. The molecule has 1 amide bonds. The Kier molecular flexibility index (Phi) is 2.91. The van der Waals surface area contributed by atoms with Gasteiger partial charge in [0.05, 0.1) is 0 Å². The molecule has 2 aliphatic rings. The number of nitrogens with one attached hydrogen (secondary N) is 2. The molecule has 0 bridgehead atoms. The highest BCUT2D eigenvalue weighted by molar-refractivity contribution is 6.09. The zero-order valence-electron chi connectivity index (χ0n) is 10.3. The maximum absolute atomic E-state index is 12.0. The molecular weight excluding hydrogens is 202 g/mol. The minimum atomic E-state index is -0.365. The van der Waals surface area contributed by atoms with Gasteiger partial charge in [-0.2, -0.15) is 0 Å². The number of rotatable bonds is 4. The van der Waals surface area contributed by atoms with Crippen LogP contribution in [0.15, 0.2) is 4.99 Å². The Hall–Kier alpha value is -1.06. The summed E-state index contributed by atoms with van der Waals surface area (Å²) in [6.45, 7) is 7.06. The van der Waals surface area contributed by atoms with Crippen molar-refractivity contribution in [2.45, 2.75) is 45.6 Å². The molecule has 2 fully saturated rings. The highest BCUT2D eigenvalue weighted by Crippen LogP contribution is 2.42. The van der Waals surface area contributed by atoms with E-state index in [0.29, 0.717) is 17.8 Å². The largest absolute Gasteiger partial charge is 0.341 e. The van der Waals surface area contributed by atoms with Crippen LogP contribution in [0.2, 0.25) is 0 Å². The minimum absolute atomic E-state index is 0.111. The van der Waals surface area contributed by atoms with E-state index in [1.807, 2.05) is 0 Å². The zero-order chi connectivity index (χ0) is 11.8. The number of carbonyl (C=O) groups excluding carboxylic acids is 1. The van der Waals surface area contributed by atoms with Crippen molar-refractivity contribution >= 4 is 11.9 Å². The van der Waals surface area contributed by atoms with Gasteiger partial charge >= 0.3 is 0 Å². The number of hydrogen-bond acceptors (Lipinski definition) is 2. The van der Waals surface area contributed by atoms with Crippen LogP contribution < -0.4 is 10.6 Å². The second-order valence-electron chi connectivity index (χ2n) is 5.26. The van der Waals surface area contributed by atoms with Gasteiger partial charge in [-0.15, -0.1) is 0 Å². The van der Waals surface area contributed by atoms with E-state index < -0.39 is 0 Å². The van der Waals surface area contributed by atoms with Gasteiger partial charge in [-0.1, -0.05) is 20.8 Å². The van der Waals surface area contributed by atoms with Crippen molar-refractivity contribution in [1.29, 1.82) is 0 Å². The molecule has 4 nitrogen and oxygen atoms in total. The normalized spacial score (nSPS) is 32.0. The molecule has 1 unspecified atom stereocenters. The number of carbonyl (C=O) groups is 1. The Morgan fingerprint density at radius 2 is 2.19 bits per heavy atom. The third-order valence-electron chi connectivity index (χ3n) is 3.43. The van der Waals surface area contributed by atoms with Gasteiger partial charge in [0.2, 0.25) is 0 Å². The van der Waals surface area contributed by atoms with Gasteiger partial charge in [0.1, 0.15) is 5.54 Å². The van der Waals surface area contributed by atoms with Crippen LogP contribution in [0.3, 0.4) is 0 Å². The topological polar surface area (TPSA) is 53.5 Å². The summed E-state index contributed by atoms with van der Waals surface area (Å²) >= 11 is 0. The van der Waals surface area contributed by atoms with E-state index in [1.165, 1.54) is 0 Å². The van der Waals surface area contributed by atoms with Gasteiger partial charge in [0.15, 0.2) is 5.96 Å². The molecule has 0 radical (unpaired) electrons. The summed E-state index contributed by atoms with van der Waals surface area (Å²) in [5, 5.41) is 6.18. The highest BCUT2D eigenvalue weighted by Gasteiger charge is 2.53. The van der Waals surface area contributed by atoms with Gasteiger partial charge < -0.3 is 5.32 Å². The average molecular weight is 223 g/mol. The molecule has 2 rings (SSSR count). The smallest absolute Gasteiger partial charge is 0.252 e. The van der Waals surface area contributed by atoms with Crippen molar-refractivity contribution in [1.82, 2.24) is 10.6 Å². The lowest BCUT2D eigenvalue weighted by atomic mass is 9.90. The molecule has 16 heavy (non-hydrogen) atoms. The molecule has 1 aliphatic heterocycles. The number of nitrogens with zero attached hydrogens (tertiary/aromatic N) is 1. The molecule has 1 heterocycles. The summed E-state index contributed by atoms with van der Waals surface area (Å²) < 4.78 is 0. The van der Waals surface area contributed by atoms with Gasteiger partial charge in [0, 0.05) is 6.54 Å². The van der Waals surface area contributed by atoms with E-state index in [0.717, 1.165) is 25.8 Å². The lowest BCUT2D eigenvalue weighted by Crippen LogP contribution is -2.48. The average Bonchev–Trinajstić information content (AvgIpc) is 3.02. The predicted molar refractivity (Wildman–Crippen MR) is 64.2 cm³/mol. The summed E-state index contributed by atoms with van der Waals surface area (Å²) in [6.07, 6.45) is 3.15. The Morgan fingerprint density at radius 3 is 2.69 bits per heavy atom. The Labute approximate surface area is 96.9 Å². The molecule has 0 aromatic rings. The van der Waals surface area contributed by atoms with E-state index in [9.17, 15) is 4.79 Å². The summed E-state index contributed by atoms with van der Waals surface area (Å²) in [6, 6.07) is 0. The van der Waals surface area contributed by atoms with Gasteiger partial charge in [-0.25, -0.2) is 0 Å². The molecule has 0 aromatic heterocycles. The maximum atomic E-state index is 12.0. The lowest BCUT2D eigenvalue weighted by molar-refractivity contribution is -0.124. The van der Waals surface area contributed by atoms with E-state index in [1.54, 1.807) is 0 Å². The molecule has 0 spiro atoms. The van der Waals surface area contributed by atoms with Crippen LogP contribution in [0.4, 0.5) is 0 Å². The summed E-state index contributed by atoms with van der Waals surface area (Å²) in [5.41, 5.74) is -0.365. The van der Waals surface area contributed by atoms with E-state index in [-0.39, 0.29) is 11.4 Å². The van der Waals surface area contributed by atoms with Gasteiger partial charge in [-0.05, 0) is 31.1 Å². The van der Waals surface area contributed by atoms with Gasteiger partial charge in [0.25, 0.3) is 5.91 Å². The van der Waals surface area contributed by atoms with Crippen molar-refractivity contribution in [2.24, 2.45) is 16.8 Å². The van der Waals surface area contributed by atoms with Crippen molar-refractivity contribution in [2.75, 3.05) is 6.54 Å². The summed E-state index contributed by atoms with van der Waals surface area (Å²) in [5.74, 6) is 1.81. The first kappa shape index (κ1) is 11.4. The van der Waals surface area contributed by atoms with Crippen LogP contribution in [0.5, 0.6) is 0 Å².